The Hall–Kier alpha value is -0.500. The fourth-order valence-corrected chi connectivity index (χ4v) is 2.42. The average molecular weight is 213 g/mol. The zero-order valence-corrected chi connectivity index (χ0v) is 9.37. The molecule has 0 radical (unpaired) electrons. The van der Waals surface area contributed by atoms with Gasteiger partial charge in [-0.15, -0.1) is 0 Å². The highest BCUT2D eigenvalue weighted by atomic mass is 35.5. The van der Waals surface area contributed by atoms with Crippen LogP contribution in [0.3, 0.4) is 0 Å². The summed E-state index contributed by atoms with van der Waals surface area (Å²) in [4.78, 5) is 4.03. The summed E-state index contributed by atoms with van der Waals surface area (Å²) < 4.78 is 2.06. The maximum Gasteiger partial charge on any atom is 0.202 e. The molecule has 1 heterocycles. The lowest BCUT2D eigenvalue weighted by Crippen LogP contribution is -2.17. The molecular formula is C11H17ClN2. The predicted molar refractivity (Wildman–Crippen MR) is 58.4 cm³/mol. The zero-order chi connectivity index (χ0) is 9.97. The van der Waals surface area contributed by atoms with Gasteiger partial charge in [-0.25, -0.2) is 4.98 Å². The minimum absolute atomic E-state index is 0.628. The van der Waals surface area contributed by atoms with Crippen molar-refractivity contribution < 1.29 is 0 Å². The second-order valence-corrected chi connectivity index (χ2v) is 4.81. The Morgan fingerprint density at radius 1 is 1.43 bits per heavy atom. The van der Waals surface area contributed by atoms with Gasteiger partial charge in [0.05, 0.1) is 0 Å². The maximum absolute atomic E-state index is 5.94. The fraction of sp³-hybridized carbons (Fsp3) is 0.727. The SMILES string of the molecule is C[C@H]1CC[C@H](Cn2ccnc2Cl)CC1. The van der Waals surface area contributed by atoms with Crippen molar-refractivity contribution in [2.24, 2.45) is 11.8 Å². The molecule has 78 valence electrons. The third kappa shape index (κ3) is 2.30. The summed E-state index contributed by atoms with van der Waals surface area (Å²) in [6.45, 7) is 3.39. The van der Waals surface area contributed by atoms with E-state index >= 15 is 0 Å². The second kappa shape index (κ2) is 4.35. The molecule has 0 saturated heterocycles. The Morgan fingerprint density at radius 2 is 2.14 bits per heavy atom. The number of nitrogens with zero attached hydrogens (tertiary/aromatic N) is 2. The summed E-state index contributed by atoms with van der Waals surface area (Å²) in [7, 11) is 0. The molecule has 3 heteroatoms. The van der Waals surface area contributed by atoms with Crippen molar-refractivity contribution in [3.05, 3.63) is 17.7 Å². The Kier molecular flexibility index (Phi) is 3.12. The number of hydrogen-bond donors (Lipinski definition) is 0. The minimum Gasteiger partial charge on any atom is -0.322 e. The van der Waals surface area contributed by atoms with Crippen molar-refractivity contribution in [2.75, 3.05) is 0 Å². The number of aromatic nitrogens is 2. The molecule has 1 aromatic rings. The Morgan fingerprint density at radius 3 is 2.71 bits per heavy atom. The van der Waals surface area contributed by atoms with Gasteiger partial charge in [0.1, 0.15) is 0 Å². The molecule has 0 aromatic carbocycles. The van der Waals surface area contributed by atoms with Gasteiger partial charge in [-0.2, -0.15) is 0 Å². The van der Waals surface area contributed by atoms with E-state index in [1.165, 1.54) is 25.7 Å². The predicted octanol–water partition coefficient (Wildman–Crippen LogP) is 3.36. The quantitative estimate of drug-likeness (QED) is 0.735. The lowest BCUT2D eigenvalue weighted by Gasteiger charge is -2.26. The van der Waals surface area contributed by atoms with Crippen molar-refractivity contribution in [3.8, 4) is 0 Å². The third-order valence-corrected chi connectivity index (χ3v) is 3.57. The molecule has 14 heavy (non-hydrogen) atoms. The van der Waals surface area contributed by atoms with E-state index in [1.807, 2.05) is 6.20 Å². The Bertz CT molecular complexity index is 287. The number of hydrogen-bond acceptors (Lipinski definition) is 1. The van der Waals surface area contributed by atoms with Crippen molar-refractivity contribution in [3.63, 3.8) is 0 Å². The van der Waals surface area contributed by atoms with Crippen LogP contribution in [0.15, 0.2) is 12.4 Å². The molecule has 0 aliphatic heterocycles. The van der Waals surface area contributed by atoms with Crippen LogP contribution in [-0.4, -0.2) is 9.55 Å². The van der Waals surface area contributed by atoms with Gasteiger partial charge in [0, 0.05) is 18.9 Å². The van der Waals surface area contributed by atoms with Crippen LogP contribution in [0, 0.1) is 11.8 Å². The molecule has 2 rings (SSSR count). The summed E-state index contributed by atoms with van der Waals surface area (Å²) in [5.74, 6) is 1.72. The van der Waals surface area contributed by atoms with Crippen molar-refractivity contribution in [1.29, 1.82) is 0 Å². The van der Waals surface area contributed by atoms with Gasteiger partial charge >= 0.3 is 0 Å². The van der Waals surface area contributed by atoms with Crippen LogP contribution in [0.4, 0.5) is 0 Å². The molecule has 0 amide bonds. The summed E-state index contributed by atoms with van der Waals surface area (Å²) in [5.41, 5.74) is 0. The molecule has 0 bridgehead atoms. The summed E-state index contributed by atoms with van der Waals surface area (Å²) in [6, 6.07) is 0. The van der Waals surface area contributed by atoms with E-state index in [2.05, 4.69) is 16.5 Å². The van der Waals surface area contributed by atoms with Crippen LogP contribution < -0.4 is 0 Å². The van der Waals surface area contributed by atoms with Gasteiger partial charge in [-0.1, -0.05) is 19.8 Å². The summed E-state index contributed by atoms with van der Waals surface area (Å²) in [5, 5.41) is 0.628. The topological polar surface area (TPSA) is 17.8 Å². The van der Waals surface area contributed by atoms with E-state index in [-0.39, 0.29) is 0 Å². The van der Waals surface area contributed by atoms with E-state index in [0.29, 0.717) is 5.28 Å². The van der Waals surface area contributed by atoms with Crippen molar-refractivity contribution in [1.82, 2.24) is 9.55 Å². The van der Waals surface area contributed by atoms with Gasteiger partial charge in [0.2, 0.25) is 5.28 Å². The highest BCUT2D eigenvalue weighted by Crippen LogP contribution is 2.29. The molecule has 2 nitrogen and oxygen atoms in total. The first-order chi connectivity index (χ1) is 6.75. The van der Waals surface area contributed by atoms with Crippen LogP contribution in [0.2, 0.25) is 5.28 Å². The molecule has 1 aromatic heterocycles. The molecule has 1 aliphatic rings. The van der Waals surface area contributed by atoms with Crippen LogP contribution in [0.1, 0.15) is 32.6 Å². The average Bonchev–Trinajstić information content (AvgIpc) is 2.56. The van der Waals surface area contributed by atoms with E-state index in [9.17, 15) is 0 Å². The smallest absolute Gasteiger partial charge is 0.202 e. The number of halogens is 1. The van der Waals surface area contributed by atoms with E-state index in [1.54, 1.807) is 6.20 Å². The van der Waals surface area contributed by atoms with Crippen LogP contribution >= 0.6 is 11.6 Å². The first-order valence-electron chi connectivity index (χ1n) is 5.42. The molecule has 0 atom stereocenters. The third-order valence-electron chi connectivity index (χ3n) is 3.26. The minimum atomic E-state index is 0.628. The highest BCUT2D eigenvalue weighted by molar-refractivity contribution is 6.28. The van der Waals surface area contributed by atoms with Gasteiger partial charge in [-0.3, -0.25) is 0 Å². The molecule has 0 N–H and O–H groups in total. The van der Waals surface area contributed by atoms with Crippen molar-refractivity contribution in [2.45, 2.75) is 39.2 Å². The molecular weight excluding hydrogens is 196 g/mol. The standard InChI is InChI=1S/C11H17ClN2/c1-9-2-4-10(5-3-9)8-14-7-6-13-11(14)12/h6-7,9-10H,2-5,8H2,1H3/t9-,10-. The van der Waals surface area contributed by atoms with Crippen LogP contribution in [0.25, 0.3) is 0 Å². The van der Waals surface area contributed by atoms with Gasteiger partial charge in [0.25, 0.3) is 0 Å². The maximum atomic E-state index is 5.94. The summed E-state index contributed by atoms with van der Waals surface area (Å²) in [6.07, 6.45) is 9.17. The first kappa shape index (κ1) is 10.0. The van der Waals surface area contributed by atoms with E-state index < -0.39 is 0 Å². The lowest BCUT2D eigenvalue weighted by molar-refractivity contribution is 0.265. The highest BCUT2D eigenvalue weighted by Gasteiger charge is 2.18. The molecule has 0 unspecified atom stereocenters. The largest absolute Gasteiger partial charge is 0.322 e. The van der Waals surface area contributed by atoms with Crippen LogP contribution in [0.5, 0.6) is 0 Å². The Balaban J connectivity index is 1.89. The summed E-state index contributed by atoms with van der Waals surface area (Å²) >= 11 is 5.94. The first-order valence-corrected chi connectivity index (χ1v) is 5.80. The molecule has 1 fully saturated rings. The van der Waals surface area contributed by atoms with Gasteiger partial charge in [-0.05, 0) is 36.3 Å². The second-order valence-electron chi connectivity index (χ2n) is 4.47. The van der Waals surface area contributed by atoms with Crippen molar-refractivity contribution >= 4 is 11.6 Å². The normalized spacial score (nSPS) is 27.9. The lowest BCUT2D eigenvalue weighted by atomic mass is 9.83. The van der Waals surface area contributed by atoms with Gasteiger partial charge in [0.15, 0.2) is 0 Å². The fourth-order valence-electron chi connectivity index (χ4n) is 2.24. The monoisotopic (exact) mass is 212 g/mol. The molecule has 0 spiro atoms. The molecule has 1 saturated carbocycles. The Labute approximate surface area is 90.3 Å². The zero-order valence-electron chi connectivity index (χ0n) is 8.62. The van der Waals surface area contributed by atoms with Gasteiger partial charge < -0.3 is 4.57 Å². The van der Waals surface area contributed by atoms with E-state index in [4.69, 9.17) is 11.6 Å². The van der Waals surface area contributed by atoms with Crippen LogP contribution in [-0.2, 0) is 6.54 Å². The number of imidazole rings is 1. The molecule has 1 aliphatic carbocycles. The van der Waals surface area contributed by atoms with E-state index in [0.717, 1.165) is 18.4 Å². The number of rotatable bonds is 2.